The molecule has 1 fully saturated rings. The van der Waals surface area contributed by atoms with Gasteiger partial charge in [0, 0.05) is 10.8 Å². The number of carbonyl (C=O) groups is 2. The number of allylic oxidation sites excluding steroid dienone is 4. The van der Waals surface area contributed by atoms with Gasteiger partial charge in [-0.3, -0.25) is 9.59 Å². The van der Waals surface area contributed by atoms with Crippen LogP contribution in [0.2, 0.25) is 18.1 Å². The third-order valence-corrected chi connectivity index (χ3v) is 13.3. The minimum Gasteiger partial charge on any atom is -0.541 e. The fourth-order valence-corrected chi connectivity index (χ4v) is 6.30. The maximum atomic E-state index is 13.7. The van der Waals surface area contributed by atoms with E-state index in [9.17, 15) is 14.9 Å². The van der Waals surface area contributed by atoms with Crippen molar-refractivity contribution >= 4 is 26.0 Å². The maximum absolute atomic E-state index is 13.7. The fourth-order valence-electron chi connectivity index (χ4n) is 5.28. The number of nitriles is 1. The Morgan fingerprint density at radius 3 is 2.21 bits per heavy atom. The summed E-state index contributed by atoms with van der Waals surface area (Å²) in [4.78, 5) is 26.3. The number of ketones is 2. The molecule has 1 atom stereocenters. The Labute approximate surface area is 252 Å². The second-order valence-electron chi connectivity index (χ2n) is 14.4. The second kappa shape index (κ2) is 11.6. The summed E-state index contributed by atoms with van der Waals surface area (Å²) in [5, 5.41) is 9.55. The van der Waals surface area contributed by atoms with E-state index in [1.807, 2.05) is 51.1 Å². The summed E-state index contributed by atoms with van der Waals surface area (Å²) in [5.74, 6) is -0.300. The summed E-state index contributed by atoms with van der Waals surface area (Å²) in [6, 6.07) is 7.80. The Balaban J connectivity index is 1.89. The van der Waals surface area contributed by atoms with E-state index in [0.717, 1.165) is 5.56 Å². The lowest BCUT2D eigenvalue weighted by Crippen LogP contribution is -2.48. The molecule has 8 heteroatoms. The molecule has 0 N–H and O–H groups in total. The smallest absolute Gasteiger partial charge is 0.250 e. The van der Waals surface area contributed by atoms with Crippen molar-refractivity contribution in [2.45, 2.75) is 85.7 Å². The van der Waals surface area contributed by atoms with E-state index in [4.69, 9.17) is 18.6 Å². The lowest BCUT2D eigenvalue weighted by Gasteiger charge is -2.39. The summed E-state index contributed by atoms with van der Waals surface area (Å²) in [5.41, 5.74) is -1.43. The Morgan fingerprint density at radius 1 is 1.05 bits per heavy atom. The molecule has 2 aliphatic rings. The minimum atomic E-state index is -2.06. The Morgan fingerprint density at radius 2 is 1.67 bits per heavy atom. The first-order valence-corrected chi connectivity index (χ1v) is 17.4. The van der Waals surface area contributed by atoms with Gasteiger partial charge in [-0.15, -0.1) is 0 Å². The van der Waals surface area contributed by atoms with Crippen LogP contribution in [0.15, 0.2) is 48.1 Å². The summed E-state index contributed by atoms with van der Waals surface area (Å²) >= 11 is 0. The zero-order valence-electron chi connectivity index (χ0n) is 27.1. The predicted octanol–water partition coefficient (Wildman–Crippen LogP) is 7.44. The Bertz CT molecular complexity index is 1350. The normalized spacial score (nSPS) is 22.7. The van der Waals surface area contributed by atoms with E-state index >= 15 is 0 Å². The van der Waals surface area contributed by atoms with E-state index in [-0.39, 0.29) is 22.2 Å². The van der Waals surface area contributed by atoms with Crippen LogP contribution in [0.5, 0.6) is 11.5 Å². The van der Waals surface area contributed by atoms with Gasteiger partial charge in [0.1, 0.15) is 11.8 Å². The van der Waals surface area contributed by atoms with Gasteiger partial charge in [-0.1, -0.05) is 65.8 Å². The molecule has 0 unspecified atom stereocenters. The van der Waals surface area contributed by atoms with Crippen molar-refractivity contribution < 1.29 is 28.2 Å². The minimum absolute atomic E-state index is 0.0447. The van der Waals surface area contributed by atoms with Crippen molar-refractivity contribution in [3.63, 3.8) is 0 Å². The summed E-state index contributed by atoms with van der Waals surface area (Å²) in [6.07, 6.45) is 9.16. The molecule has 1 aliphatic carbocycles. The van der Waals surface area contributed by atoms with Crippen LogP contribution in [-0.2, 0) is 19.1 Å². The summed E-state index contributed by atoms with van der Waals surface area (Å²) in [6.45, 7) is 20.9. The highest BCUT2D eigenvalue weighted by Crippen LogP contribution is 2.45. The number of nitrogens with zero attached hydrogens (tertiary/aromatic N) is 1. The zero-order valence-corrected chi connectivity index (χ0v) is 28.1. The van der Waals surface area contributed by atoms with Gasteiger partial charge in [0.25, 0.3) is 8.32 Å². The third-order valence-electron chi connectivity index (χ3n) is 8.95. The SMILES string of the molecule is COc1cc(C=CC2(C(C)(C)C(=O)/C=C/[C@@]3(C)C=C(C#N)C(=O)C(C)(C)C3)OCCO2)ccc1O[Si](C)(C)C(C)(C)C. The van der Waals surface area contributed by atoms with Crippen molar-refractivity contribution in [1.29, 1.82) is 5.26 Å². The number of carbonyl (C=O) groups excluding carboxylic acids is 2. The summed E-state index contributed by atoms with van der Waals surface area (Å²) in [7, 11) is -0.438. The molecule has 1 heterocycles. The molecule has 1 aromatic carbocycles. The van der Waals surface area contributed by atoms with Crippen molar-refractivity contribution in [2.75, 3.05) is 20.3 Å². The van der Waals surface area contributed by atoms with Gasteiger partial charge in [0.05, 0.1) is 31.3 Å². The van der Waals surface area contributed by atoms with Crippen LogP contribution >= 0.6 is 0 Å². The summed E-state index contributed by atoms with van der Waals surface area (Å²) < 4.78 is 24.4. The monoisotopic (exact) mass is 593 g/mol. The highest BCUT2D eigenvalue weighted by atomic mass is 28.4. The van der Waals surface area contributed by atoms with E-state index in [1.165, 1.54) is 6.08 Å². The van der Waals surface area contributed by atoms with Crippen molar-refractivity contribution in [3.05, 3.63) is 53.6 Å². The van der Waals surface area contributed by atoms with Crippen LogP contribution in [0.3, 0.4) is 0 Å². The predicted molar refractivity (Wildman–Crippen MR) is 168 cm³/mol. The highest BCUT2D eigenvalue weighted by Gasteiger charge is 2.52. The van der Waals surface area contributed by atoms with Gasteiger partial charge in [0.2, 0.25) is 5.79 Å². The molecule has 1 aromatic rings. The van der Waals surface area contributed by atoms with Gasteiger partial charge in [-0.2, -0.15) is 5.26 Å². The quantitative estimate of drug-likeness (QED) is 0.217. The van der Waals surface area contributed by atoms with Gasteiger partial charge in [0.15, 0.2) is 17.3 Å². The number of hydrogen-bond donors (Lipinski definition) is 0. The Kier molecular flexibility index (Phi) is 9.25. The lowest BCUT2D eigenvalue weighted by atomic mass is 9.65. The van der Waals surface area contributed by atoms with E-state index in [0.29, 0.717) is 31.1 Å². The zero-order chi connectivity index (χ0) is 31.8. The third kappa shape index (κ3) is 6.64. The van der Waals surface area contributed by atoms with Crippen LogP contribution in [0.4, 0.5) is 0 Å². The largest absolute Gasteiger partial charge is 0.541 e. The molecule has 0 bridgehead atoms. The van der Waals surface area contributed by atoms with Crippen molar-refractivity contribution in [2.24, 2.45) is 16.2 Å². The van der Waals surface area contributed by atoms with Crippen molar-refractivity contribution in [3.8, 4) is 17.6 Å². The molecule has 1 saturated heterocycles. The molecular weight excluding hydrogens is 546 g/mol. The molecule has 0 spiro atoms. The van der Waals surface area contributed by atoms with Crippen LogP contribution in [0.25, 0.3) is 6.08 Å². The van der Waals surface area contributed by atoms with Crippen LogP contribution in [0.1, 0.15) is 67.4 Å². The van der Waals surface area contributed by atoms with E-state index in [2.05, 4.69) is 33.9 Å². The van der Waals surface area contributed by atoms with E-state index in [1.54, 1.807) is 39.2 Å². The van der Waals surface area contributed by atoms with Crippen LogP contribution in [0, 0.1) is 27.6 Å². The maximum Gasteiger partial charge on any atom is 0.250 e. The topological polar surface area (TPSA) is 94.9 Å². The number of Topliss-reactive ketones (excluding diaryl/α,β-unsaturated/α-hetero) is 1. The average Bonchev–Trinajstić information content (AvgIpc) is 3.38. The first kappa shape index (κ1) is 33.5. The molecule has 0 aromatic heterocycles. The molecule has 3 rings (SSSR count). The molecule has 0 amide bonds. The Hall–Kier alpha value is -2.99. The first-order chi connectivity index (χ1) is 19.2. The number of hydrogen-bond acceptors (Lipinski definition) is 7. The molecule has 0 radical (unpaired) electrons. The molecule has 7 nitrogen and oxygen atoms in total. The molecular formula is C34H47NO6Si. The van der Waals surface area contributed by atoms with Crippen LogP contribution in [-0.4, -0.2) is 46.0 Å². The molecule has 42 heavy (non-hydrogen) atoms. The number of rotatable bonds is 9. The lowest BCUT2D eigenvalue weighted by molar-refractivity contribution is -0.191. The van der Waals surface area contributed by atoms with E-state index < -0.39 is 30.3 Å². The average molecular weight is 594 g/mol. The molecule has 228 valence electrons. The fraction of sp³-hybridized carbons (Fsp3) is 0.559. The molecule has 0 saturated carbocycles. The van der Waals surface area contributed by atoms with Crippen LogP contribution < -0.4 is 9.16 Å². The standard InChI is InChI=1S/C34H47NO6Si/c1-30(2,3)42(10,11)41-26-13-12-24(20-27(26)38-9)14-17-34(39-18-19-40-34)32(6,7)28(36)15-16-33(8)21-25(22-35)29(37)31(4,5)23-33/h12-17,20-21H,18-19,23H2,1-11H3/b16-15+,17-14?/t33-/m0/s1. The molecule has 1 aliphatic heterocycles. The van der Waals surface area contributed by atoms with Gasteiger partial charge in [-0.25, -0.2) is 0 Å². The number of benzene rings is 1. The highest BCUT2D eigenvalue weighted by molar-refractivity contribution is 6.74. The van der Waals surface area contributed by atoms with Gasteiger partial charge < -0.3 is 18.6 Å². The van der Waals surface area contributed by atoms with Crippen molar-refractivity contribution in [1.82, 2.24) is 0 Å². The number of methoxy groups -OCH3 is 1. The van der Waals surface area contributed by atoms with Gasteiger partial charge in [-0.05, 0) is 68.2 Å². The van der Waals surface area contributed by atoms with Gasteiger partial charge >= 0.3 is 0 Å². The number of ether oxygens (including phenoxy) is 3. The first-order valence-electron chi connectivity index (χ1n) is 14.5. The second-order valence-corrected chi connectivity index (χ2v) is 19.1.